The zero-order valence-corrected chi connectivity index (χ0v) is 9.93. The number of nitrogens with zero attached hydrogens (tertiary/aromatic N) is 1. The summed E-state index contributed by atoms with van der Waals surface area (Å²) in [6, 6.07) is 5.50. The Morgan fingerprint density at radius 3 is 2.67 bits per heavy atom. The van der Waals surface area contributed by atoms with E-state index in [0.29, 0.717) is 5.56 Å². The van der Waals surface area contributed by atoms with Gasteiger partial charge in [-0.15, -0.1) is 0 Å². The van der Waals surface area contributed by atoms with Crippen molar-refractivity contribution in [1.29, 1.82) is 0 Å². The lowest BCUT2D eigenvalue weighted by Gasteiger charge is -2.03. The molecular weight excluding hydrogens is 234 g/mol. The SMILES string of the molecule is Cc1ccc(C2=N/C(=C/C(=O)O)C(=O)O2)cc1C. The number of ether oxygens (including phenoxy) is 1. The molecule has 2 rings (SSSR count). The van der Waals surface area contributed by atoms with E-state index in [2.05, 4.69) is 4.99 Å². The molecule has 92 valence electrons. The first-order valence-electron chi connectivity index (χ1n) is 5.30. The lowest BCUT2D eigenvalue weighted by molar-refractivity contribution is -0.133. The lowest BCUT2D eigenvalue weighted by atomic mass is 10.1. The van der Waals surface area contributed by atoms with E-state index in [1.54, 1.807) is 6.07 Å². The van der Waals surface area contributed by atoms with Crippen molar-refractivity contribution in [2.75, 3.05) is 0 Å². The van der Waals surface area contributed by atoms with E-state index < -0.39 is 11.9 Å². The van der Waals surface area contributed by atoms with E-state index >= 15 is 0 Å². The molecule has 1 heterocycles. The van der Waals surface area contributed by atoms with Crippen molar-refractivity contribution in [3.8, 4) is 0 Å². The van der Waals surface area contributed by atoms with Gasteiger partial charge in [-0.2, -0.15) is 0 Å². The number of benzene rings is 1. The van der Waals surface area contributed by atoms with Gasteiger partial charge in [0.25, 0.3) is 0 Å². The number of esters is 1. The minimum absolute atomic E-state index is 0.135. The smallest absolute Gasteiger partial charge is 0.364 e. The molecule has 0 spiro atoms. The predicted molar refractivity (Wildman–Crippen MR) is 64.3 cm³/mol. The van der Waals surface area contributed by atoms with Crippen LogP contribution in [0.2, 0.25) is 0 Å². The van der Waals surface area contributed by atoms with Crippen LogP contribution in [0.25, 0.3) is 0 Å². The lowest BCUT2D eigenvalue weighted by Crippen LogP contribution is -2.06. The van der Waals surface area contributed by atoms with Gasteiger partial charge >= 0.3 is 11.9 Å². The Labute approximate surface area is 103 Å². The maximum atomic E-state index is 11.4. The van der Waals surface area contributed by atoms with Crippen molar-refractivity contribution in [3.63, 3.8) is 0 Å². The highest BCUT2D eigenvalue weighted by molar-refractivity contribution is 6.12. The van der Waals surface area contributed by atoms with Crippen LogP contribution in [-0.4, -0.2) is 22.9 Å². The number of rotatable bonds is 2. The molecule has 5 nitrogen and oxygen atoms in total. The molecule has 1 aliphatic rings. The van der Waals surface area contributed by atoms with Crippen LogP contribution < -0.4 is 0 Å². The van der Waals surface area contributed by atoms with Gasteiger partial charge in [-0.1, -0.05) is 6.07 Å². The molecule has 1 N–H and O–H groups in total. The normalized spacial score (nSPS) is 16.7. The fourth-order valence-electron chi connectivity index (χ4n) is 1.52. The molecular formula is C13H11NO4. The summed E-state index contributed by atoms with van der Waals surface area (Å²) in [5.41, 5.74) is 2.61. The van der Waals surface area contributed by atoms with Crippen molar-refractivity contribution in [2.24, 2.45) is 4.99 Å². The molecule has 0 radical (unpaired) electrons. The predicted octanol–water partition coefficient (Wildman–Crippen LogP) is 1.58. The molecule has 0 aromatic heterocycles. The van der Waals surface area contributed by atoms with Crippen molar-refractivity contribution < 1.29 is 19.4 Å². The number of aliphatic imine (C=N–C) groups is 1. The second-order valence-electron chi connectivity index (χ2n) is 3.97. The third kappa shape index (κ3) is 2.29. The number of carbonyl (C=O) groups excluding carboxylic acids is 1. The van der Waals surface area contributed by atoms with Gasteiger partial charge in [0.2, 0.25) is 5.90 Å². The van der Waals surface area contributed by atoms with Gasteiger partial charge in [0.1, 0.15) is 0 Å². The Morgan fingerprint density at radius 2 is 2.06 bits per heavy atom. The monoisotopic (exact) mass is 245 g/mol. The third-order valence-electron chi connectivity index (χ3n) is 2.63. The second kappa shape index (κ2) is 4.44. The summed E-state index contributed by atoms with van der Waals surface area (Å²) in [6.07, 6.45) is 0.733. The van der Waals surface area contributed by atoms with Crippen LogP contribution in [-0.2, 0) is 14.3 Å². The van der Waals surface area contributed by atoms with Crippen molar-refractivity contribution in [2.45, 2.75) is 13.8 Å². The largest absolute Gasteiger partial charge is 0.478 e. The van der Waals surface area contributed by atoms with Gasteiger partial charge in [0.15, 0.2) is 5.70 Å². The number of hydrogen-bond acceptors (Lipinski definition) is 4. The number of carboxylic acids is 1. The minimum atomic E-state index is -1.23. The average molecular weight is 245 g/mol. The highest BCUT2D eigenvalue weighted by Gasteiger charge is 2.25. The van der Waals surface area contributed by atoms with Gasteiger partial charge < -0.3 is 9.84 Å². The molecule has 0 fully saturated rings. The number of carboxylic acid groups (broad SMARTS) is 1. The topological polar surface area (TPSA) is 76.0 Å². The molecule has 1 aromatic rings. The molecule has 0 saturated heterocycles. The fraction of sp³-hybridized carbons (Fsp3) is 0.154. The second-order valence-corrected chi connectivity index (χ2v) is 3.97. The van der Waals surface area contributed by atoms with E-state index in [1.807, 2.05) is 26.0 Å². The van der Waals surface area contributed by atoms with E-state index in [0.717, 1.165) is 17.2 Å². The maximum absolute atomic E-state index is 11.4. The Kier molecular flexibility index (Phi) is 2.97. The van der Waals surface area contributed by atoms with Gasteiger partial charge in [0.05, 0.1) is 6.08 Å². The average Bonchev–Trinajstić information content (AvgIpc) is 2.63. The molecule has 0 unspecified atom stereocenters. The molecule has 0 bridgehead atoms. The van der Waals surface area contributed by atoms with Crippen LogP contribution in [0.5, 0.6) is 0 Å². The van der Waals surface area contributed by atoms with Gasteiger partial charge in [0, 0.05) is 5.56 Å². The van der Waals surface area contributed by atoms with Crippen LogP contribution in [0.1, 0.15) is 16.7 Å². The summed E-state index contributed by atoms with van der Waals surface area (Å²) in [6.45, 7) is 3.90. The fourth-order valence-corrected chi connectivity index (χ4v) is 1.52. The van der Waals surface area contributed by atoms with Gasteiger partial charge in [-0.3, -0.25) is 0 Å². The van der Waals surface area contributed by atoms with E-state index in [1.165, 1.54) is 0 Å². The van der Waals surface area contributed by atoms with Crippen molar-refractivity contribution >= 4 is 17.8 Å². The highest BCUT2D eigenvalue weighted by atomic mass is 16.6. The van der Waals surface area contributed by atoms with E-state index in [9.17, 15) is 9.59 Å². The quantitative estimate of drug-likeness (QED) is 0.634. The van der Waals surface area contributed by atoms with Gasteiger partial charge in [-0.05, 0) is 37.1 Å². The highest BCUT2D eigenvalue weighted by Crippen LogP contribution is 2.18. The van der Waals surface area contributed by atoms with Crippen LogP contribution in [0, 0.1) is 13.8 Å². The molecule has 18 heavy (non-hydrogen) atoms. The first-order valence-corrected chi connectivity index (χ1v) is 5.30. The molecule has 0 amide bonds. The van der Waals surface area contributed by atoms with E-state index in [-0.39, 0.29) is 11.6 Å². The van der Waals surface area contributed by atoms with Crippen molar-refractivity contribution in [1.82, 2.24) is 0 Å². The van der Waals surface area contributed by atoms with Crippen LogP contribution in [0.4, 0.5) is 0 Å². The summed E-state index contributed by atoms with van der Waals surface area (Å²) in [5, 5.41) is 8.58. The van der Waals surface area contributed by atoms with E-state index in [4.69, 9.17) is 9.84 Å². The summed E-state index contributed by atoms with van der Waals surface area (Å²) in [4.78, 5) is 25.7. The number of carbonyl (C=O) groups is 2. The molecule has 0 aliphatic carbocycles. The zero-order chi connectivity index (χ0) is 13.3. The zero-order valence-electron chi connectivity index (χ0n) is 9.93. The third-order valence-corrected chi connectivity index (χ3v) is 2.63. The number of hydrogen-bond donors (Lipinski definition) is 1. The van der Waals surface area contributed by atoms with Gasteiger partial charge in [-0.25, -0.2) is 14.6 Å². The standard InChI is InChI=1S/C13H11NO4/c1-7-3-4-9(5-8(7)2)12-14-10(6-11(15)16)13(17)18-12/h3-6H,1-2H3,(H,15,16)/b10-6+. The summed E-state index contributed by atoms with van der Waals surface area (Å²) >= 11 is 0. The summed E-state index contributed by atoms with van der Waals surface area (Å²) in [7, 11) is 0. The van der Waals surface area contributed by atoms with Crippen LogP contribution >= 0.6 is 0 Å². The number of aryl methyl sites for hydroxylation is 2. The maximum Gasteiger partial charge on any atom is 0.364 e. The van der Waals surface area contributed by atoms with Crippen molar-refractivity contribution in [3.05, 3.63) is 46.7 Å². The Bertz CT molecular complexity index is 599. The molecule has 0 saturated carbocycles. The minimum Gasteiger partial charge on any atom is -0.478 e. The summed E-state index contributed by atoms with van der Waals surface area (Å²) in [5.74, 6) is -1.84. The van der Waals surface area contributed by atoms with Crippen LogP contribution in [0.15, 0.2) is 35.0 Å². The Morgan fingerprint density at radius 1 is 1.33 bits per heavy atom. The van der Waals surface area contributed by atoms with Crippen LogP contribution in [0.3, 0.4) is 0 Å². The Balaban J connectivity index is 2.38. The Hall–Kier alpha value is -2.43. The summed E-state index contributed by atoms with van der Waals surface area (Å²) < 4.78 is 4.94. The first-order chi connectivity index (χ1) is 8.47. The number of cyclic esters (lactones) is 1. The molecule has 1 aliphatic heterocycles. The molecule has 5 heteroatoms. The number of aliphatic carboxylic acids is 1. The molecule has 1 aromatic carbocycles. The molecule has 0 atom stereocenters. The first kappa shape index (κ1) is 12.0.